The van der Waals surface area contributed by atoms with E-state index in [-0.39, 0.29) is 17.8 Å². The smallest absolute Gasteiger partial charge is 0.351 e. The Balaban J connectivity index is 3.14. The van der Waals surface area contributed by atoms with E-state index in [4.69, 9.17) is 4.74 Å². The highest BCUT2D eigenvalue weighted by Gasteiger charge is 2.09. The van der Waals surface area contributed by atoms with Gasteiger partial charge in [-0.3, -0.25) is 4.57 Å². The van der Waals surface area contributed by atoms with Crippen LogP contribution in [0.25, 0.3) is 0 Å². The molecule has 0 unspecified atom stereocenters. The van der Waals surface area contributed by atoms with E-state index in [1.807, 2.05) is 34.6 Å². The second-order valence-corrected chi connectivity index (χ2v) is 4.18. The van der Waals surface area contributed by atoms with Gasteiger partial charge in [0, 0.05) is 17.8 Å². The molecule has 0 radical (unpaired) electrons. The Morgan fingerprint density at radius 2 is 1.93 bits per heavy atom. The zero-order valence-corrected chi connectivity index (χ0v) is 9.94. The fourth-order valence-electron chi connectivity index (χ4n) is 1.26. The van der Waals surface area contributed by atoms with Crippen molar-refractivity contribution < 1.29 is 4.74 Å². The van der Waals surface area contributed by atoms with Crippen LogP contribution >= 0.6 is 0 Å². The lowest BCUT2D eigenvalue weighted by atomic mass is 10.3. The van der Waals surface area contributed by atoms with Crippen molar-refractivity contribution in [1.82, 2.24) is 9.55 Å². The third-order valence-electron chi connectivity index (χ3n) is 1.99. The first-order chi connectivity index (χ1) is 6.91. The number of rotatable bonds is 3. The Bertz CT molecular complexity index is 394. The highest BCUT2D eigenvalue weighted by atomic mass is 16.5. The van der Waals surface area contributed by atoms with Gasteiger partial charge in [-0.2, -0.15) is 4.98 Å². The molecule has 0 saturated carbocycles. The van der Waals surface area contributed by atoms with Gasteiger partial charge in [-0.1, -0.05) is 0 Å². The summed E-state index contributed by atoms with van der Waals surface area (Å²) >= 11 is 0. The summed E-state index contributed by atoms with van der Waals surface area (Å²) in [5.74, 6) is 0.437. The second kappa shape index (κ2) is 4.47. The van der Waals surface area contributed by atoms with Crippen LogP contribution in [0, 0.1) is 6.92 Å². The molecule has 0 aliphatic heterocycles. The number of hydrogen-bond acceptors (Lipinski definition) is 3. The van der Waals surface area contributed by atoms with E-state index >= 15 is 0 Å². The van der Waals surface area contributed by atoms with E-state index in [0.717, 1.165) is 5.56 Å². The van der Waals surface area contributed by atoms with Gasteiger partial charge >= 0.3 is 5.69 Å². The molecule has 0 aliphatic carbocycles. The van der Waals surface area contributed by atoms with Crippen LogP contribution in [0.4, 0.5) is 0 Å². The van der Waals surface area contributed by atoms with Crippen LogP contribution in [0.1, 0.15) is 39.3 Å². The van der Waals surface area contributed by atoms with E-state index in [1.54, 1.807) is 10.8 Å². The normalized spacial score (nSPS) is 11.1. The topological polar surface area (TPSA) is 44.1 Å². The quantitative estimate of drug-likeness (QED) is 0.765. The minimum absolute atomic E-state index is 0.0329. The molecule has 0 saturated heterocycles. The second-order valence-electron chi connectivity index (χ2n) is 4.18. The molecule has 1 aromatic rings. The van der Waals surface area contributed by atoms with E-state index < -0.39 is 0 Å². The van der Waals surface area contributed by atoms with Gasteiger partial charge in [0.2, 0.25) is 5.88 Å². The van der Waals surface area contributed by atoms with Crippen LogP contribution in [0.15, 0.2) is 11.0 Å². The molecule has 0 fully saturated rings. The molecule has 1 aromatic heterocycles. The molecule has 15 heavy (non-hydrogen) atoms. The highest BCUT2D eigenvalue weighted by Crippen LogP contribution is 2.13. The maximum atomic E-state index is 11.6. The molecular weight excluding hydrogens is 192 g/mol. The summed E-state index contributed by atoms with van der Waals surface area (Å²) in [4.78, 5) is 15.5. The molecular formula is C11H18N2O2. The Morgan fingerprint density at radius 3 is 2.40 bits per heavy atom. The van der Waals surface area contributed by atoms with Crippen molar-refractivity contribution in [2.75, 3.05) is 0 Å². The van der Waals surface area contributed by atoms with Crippen LogP contribution < -0.4 is 10.4 Å². The standard InChI is InChI=1S/C11H18N2O2/c1-7(2)13-6-9(5)10(12-11(13)14)15-8(3)4/h6-8H,1-5H3. The molecule has 0 aromatic carbocycles. The van der Waals surface area contributed by atoms with Gasteiger partial charge in [0.15, 0.2) is 0 Å². The van der Waals surface area contributed by atoms with Crippen LogP contribution in [-0.2, 0) is 0 Å². The van der Waals surface area contributed by atoms with Crippen molar-refractivity contribution in [2.24, 2.45) is 0 Å². The molecule has 0 bridgehead atoms. The van der Waals surface area contributed by atoms with Crippen molar-refractivity contribution in [1.29, 1.82) is 0 Å². The fraction of sp³-hybridized carbons (Fsp3) is 0.636. The highest BCUT2D eigenvalue weighted by molar-refractivity contribution is 5.21. The largest absolute Gasteiger partial charge is 0.475 e. The first-order valence-electron chi connectivity index (χ1n) is 5.18. The van der Waals surface area contributed by atoms with Crippen molar-refractivity contribution in [3.63, 3.8) is 0 Å². The Morgan fingerprint density at radius 1 is 1.33 bits per heavy atom. The maximum absolute atomic E-state index is 11.6. The third kappa shape index (κ3) is 2.81. The summed E-state index contributed by atoms with van der Waals surface area (Å²) in [6.45, 7) is 9.62. The van der Waals surface area contributed by atoms with E-state index in [2.05, 4.69) is 4.98 Å². The molecule has 1 rings (SSSR count). The third-order valence-corrected chi connectivity index (χ3v) is 1.99. The van der Waals surface area contributed by atoms with Crippen LogP contribution in [0.3, 0.4) is 0 Å². The van der Waals surface area contributed by atoms with Gasteiger partial charge in [-0.05, 0) is 34.6 Å². The first kappa shape index (κ1) is 11.8. The van der Waals surface area contributed by atoms with E-state index in [9.17, 15) is 4.79 Å². The SMILES string of the molecule is Cc1cn(C(C)C)c(=O)nc1OC(C)C. The molecule has 0 aliphatic rings. The summed E-state index contributed by atoms with van der Waals surface area (Å²) in [5.41, 5.74) is 0.628. The maximum Gasteiger partial charge on any atom is 0.351 e. The van der Waals surface area contributed by atoms with Crippen molar-refractivity contribution in [3.8, 4) is 5.88 Å². The Kier molecular flexibility index (Phi) is 3.50. The summed E-state index contributed by atoms with van der Waals surface area (Å²) in [7, 11) is 0. The number of ether oxygens (including phenoxy) is 1. The summed E-state index contributed by atoms with van der Waals surface area (Å²) in [6, 6.07) is 0.122. The summed E-state index contributed by atoms with van der Waals surface area (Å²) < 4.78 is 7.04. The minimum atomic E-state index is -0.258. The van der Waals surface area contributed by atoms with Gasteiger partial charge in [-0.25, -0.2) is 4.79 Å². The van der Waals surface area contributed by atoms with Gasteiger partial charge in [-0.15, -0.1) is 0 Å². The zero-order valence-electron chi connectivity index (χ0n) is 9.94. The van der Waals surface area contributed by atoms with E-state index in [1.165, 1.54) is 0 Å². The fourth-order valence-corrected chi connectivity index (χ4v) is 1.26. The Labute approximate surface area is 89.9 Å². The number of nitrogens with zero attached hydrogens (tertiary/aromatic N) is 2. The lowest BCUT2D eigenvalue weighted by Crippen LogP contribution is -2.26. The van der Waals surface area contributed by atoms with Crippen LogP contribution in [-0.4, -0.2) is 15.7 Å². The monoisotopic (exact) mass is 210 g/mol. The molecule has 1 heterocycles. The van der Waals surface area contributed by atoms with Gasteiger partial charge < -0.3 is 4.74 Å². The number of aryl methyl sites for hydroxylation is 1. The molecule has 0 amide bonds. The molecule has 0 atom stereocenters. The molecule has 0 N–H and O–H groups in total. The lowest BCUT2D eigenvalue weighted by molar-refractivity contribution is 0.228. The zero-order chi connectivity index (χ0) is 11.6. The number of aromatic nitrogens is 2. The molecule has 4 nitrogen and oxygen atoms in total. The predicted molar refractivity (Wildman–Crippen MR) is 59.4 cm³/mol. The predicted octanol–water partition coefficient (Wildman–Crippen LogP) is 1.92. The number of hydrogen-bond donors (Lipinski definition) is 0. The van der Waals surface area contributed by atoms with Crippen LogP contribution in [0.2, 0.25) is 0 Å². The average molecular weight is 210 g/mol. The van der Waals surface area contributed by atoms with E-state index in [0.29, 0.717) is 5.88 Å². The van der Waals surface area contributed by atoms with Gasteiger partial charge in [0.1, 0.15) is 0 Å². The van der Waals surface area contributed by atoms with Gasteiger partial charge in [0.05, 0.1) is 6.10 Å². The summed E-state index contributed by atoms with van der Waals surface area (Å²) in [6.07, 6.45) is 1.82. The molecule has 84 valence electrons. The van der Waals surface area contributed by atoms with Crippen molar-refractivity contribution in [3.05, 3.63) is 22.2 Å². The average Bonchev–Trinajstić information content (AvgIpc) is 2.09. The van der Waals surface area contributed by atoms with Gasteiger partial charge in [0.25, 0.3) is 0 Å². The molecule has 4 heteroatoms. The molecule has 0 spiro atoms. The Hall–Kier alpha value is -1.32. The summed E-state index contributed by atoms with van der Waals surface area (Å²) in [5, 5.41) is 0. The minimum Gasteiger partial charge on any atom is -0.475 e. The van der Waals surface area contributed by atoms with Crippen molar-refractivity contribution >= 4 is 0 Å². The van der Waals surface area contributed by atoms with Crippen molar-refractivity contribution in [2.45, 2.75) is 46.8 Å². The van der Waals surface area contributed by atoms with Crippen LogP contribution in [0.5, 0.6) is 5.88 Å². The lowest BCUT2D eigenvalue weighted by Gasteiger charge is -2.14. The first-order valence-corrected chi connectivity index (χ1v) is 5.18.